The van der Waals surface area contributed by atoms with Gasteiger partial charge in [0.2, 0.25) is 0 Å². The van der Waals surface area contributed by atoms with Crippen molar-refractivity contribution < 1.29 is 0 Å². The summed E-state index contributed by atoms with van der Waals surface area (Å²) in [5.74, 6) is 1.78. The molecule has 2 aliphatic rings. The van der Waals surface area contributed by atoms with Crippen LogP contribution >= 0.6 is 12.2 Å². The van der Waals surface area contributed by atoms with Gasteiger partial charge in [-0.25, -0.2) is 0 Å². The van der Waals surface area contributed by atoms with Crippen LogP contribution in [0.3, 0.4) is 0 Å². The van der Waals surface area contributed by atoms with Crippen molar-refractivity contribution in [2.45, 2.75) is 58.5 Å². The van der Waals surface area contributed by atoms with Crippen LogP contribution in [0.4, 0.5) is 0 Å². The first-order valence-electron chi connectivity index (χ1n) is 8.28. The van der Waals surface area contributed by atoms with E-state index in [0.29, 0.717) is 11.0 Å². The van der Waals surface area contributed by atoms with Crippen LogP contribution in [0.1, 0.15) is 46.5 Å². The first-order chi connectivity index (χ1) is 9.51. The second kappa shape index (κ2) is 7.19. The van der Waals surface area contributed by atoms with Crippen LogP contribution < -0.4 is 5.73 Å². The second-order valence-corrected chi connectivity index (χ2v) is 7.44. The highest BCUT2D eigenvalue weighted by molar-refractivity contribution is 7.80. The summed E-state index contributed by atoms with van der Waals surface area (Å²) in [7, 11) is 0. The summed E-state index contributed by atoms with van der Waals surface area (Å²) in [6.07, 6.45) is 5.22. The standard InChI is InChI=1S/C16H31N3S/c1-4-15(16(17)20)19-7-5-18(6-8-19)14-10-12(2)9-13(3)11-14/h12-15H,4-11H2,1-3H3,(H2,17,20). The lowest BCUT2D eigenvalue weighted by Crippen LogP contribution is -2.56. The van der Waals surface area contributed by atoms with E-state index in [4.69, 9.17) is 18.0 Å². The van der Waals surface area contributed by atoms with E-state index in [1.54, 1.807) is 0 Å². The van der Waals surface area contributed by atoms with Crippen LogP contribution in [0, 0.1) is 11.8 Å². The van der Waals surface area contributed by atoms with Gasteiger partial charge in [-0.2, -0.15) is 0 Å². The number of hydrogen-bond acceptors (Lipinski definition) is 3. The van der Waals surface area contributed by atoms with Crippen LogP contribution in [0.2, 0.25) is 0 Å². The fraction of sp³-hybridized carbons (Fsp3) is 0.938. The summed E-state index contributed by atoms with van der Waals surface area (Å²) in [6.45, 7) is 11.6. The van der Waals surface area contributed by atoms with E-state index in [0.717, 1.165) is 37.4 Å². The first kappa shape index (κ1) is 16.2. The highest BCUT2D eigenvalue weighted by atomic mass is 32.1. The molecular weight excluding hydrogens is 266 g/mol. The Kier molecular flexibility index (Phi) is 5.82. The molecule has 4 heteroatoms. The average Bonchev–Trinajstić information content (AvgIpc) is 2.38. The molecule has 20 heavy (non-hydrogen) atoms. The Balaban J connectivity index is 1.86. The van der Waals surface area contributed by atoms with Crippen molar-refractivity contribution >= 4 is 17.2 Å². The van der Waals surface area contributed by atoms with E-state index in [1.165, 1.54) is 32.4 Å². The normalized spacial score (nSPS) is 34.9. The van der Waals surface area contributed by atoms with Gasteiger partial charge in [-0.3, -0.25) is 9.80 Å². The zero-order valence-electron chi connectivity index (χ0n) is 13.3. The molecule has 0 spiro atoms. The molecule has 0 amide bonds. The molecule has 2 rings (SSSR count). The minimum atomic E-state index is 0.302. The molecule has 0 aromatic heterocycles. The van der Waals surface area contributed by atoms with Crippen molar-refractivity contribution in [3.63, 3.8) is 0 Å². The van der Waals surface area contributed by atoms with Crippen LogP contribution in [0.5, 0.6) is 0 Å². The van der Waals surface area contributed by atoms with Gasteiger partial charge in [0.1, 0.15) is 0 Å². The van der Waals surface area contributed by atoms with Crippen molar-refractivity contribution in [1.29, 1.82) is 0 Å². The monoisotopic (exact) mass is 297 g/mol. The molecule has 3 unspecified atom stereocenters. The third kappa shape index (κ3) is 3.92. The van der Waals surface area contributed by atoms with Crippen molar-refractivity contribution in [2.24, 2.45) is 17.6 Å². The maximum Gasteiger partial charge on any atom is 0.0901 e. The topological polar surface area (TPSA) is 32.5 Å². The molecule has 1 heterocycles. The second-order valence-electron chi connectivity index (χ2n) is 6.97. The molecule has 1 aliphatic carbocycles. The smallest absolute Gasteiger partial charge is 0.0901 e. The molecular formula is C16H31N3S. The number of nitrogens with two attached hydrogens (primary N) is 1. The Morgan fingerprint density at radius 2 is 1.65 bits per heavy atom. The van der Waals surface area contributed by atoms with Gasteiger partial charge in [-0.05, 0) is 37.5 Å². The van der Waals surface area contributed by atoms with Gasteiger partial charge in [0.05, 0.1) is 11.0 Å². The fourth-order valence-corrected chi connectivity index (χ4v) is 4.57. The molecule has 2 fully saturated rings. The Labute approximate surface area is 129 Å². The SMILES string of the molecule is CCC(C(N)=S)N1CCN(C2CC(C)CC(C)C2)CC1. The van der Waals surface area contributed by atoms with Crippen molar-refractivity contribution in [3.05, 3.63) is 0 Å². The van der Waals surface area contributed by atoms with Crippen molar-refractivity contribution in [2.75, 3.05) is 26.2 Å². The lowest BCUT2D eigenvalue weighted by molar-refractivity contribution is 0.0494. The van der Waals surface area contributed by atoms with Gasteiger partial charge in [-0.15, -0.1) is 0 Å². The Morgan fingerprint density at radius 3 is 2.10 bits per heavy atom. The number of thiocarbonyl (C=S) groups is 1. The molecule has 3 atom stereocenters. The molecule has 1 aliphatic heterocycles. The predicted octanol–water partition coefficient (Wildman–Crippen LogP) is 2.49. The Hall–Kier alpha value is -0.190. The lowest BCUT2D eigenvalue weighted by atomic mass is 9.79. The van der Waals surface area contributed by atoms with Crippen molar-refractivity contribution in [3.8, 4) is 0 Å². The summed E-state index contributed by atoms with van der Waals surface area (Å²) in [5, 5.41) is 0. The maximum absolute atomic E-state index is 5.87. The minimum Gasteiger partial charge on any atom is -0.392 e. The summed E-state index contributed by atoms with van der Waals surface area (Å²) in [6, 6.07) is 1.11. The Morgan fingerprint density at radius 1 is 1.10 bits per heavy atom. The van der Waals surface area contributed by atoms with Gasteiger partial charge in [0, 0.05) is 32.2 Å². The van der Waals surface area contributed by atoms with Gasteiger partial charge < -0.3 is 5.73 Å². The van der Waals surface area contributed by atoms with Gasteiger partial charge in [0.15, 0.2) is 0 Å². The number of piperazine rings is 1. The highest BCUT2D eigenvalue weighted by Crippen LogP contribution is 2.32. The number of hydrogen-bond donors (Lipinski definition) is 1. The molecule has 0 aromatic carbocycles. The molecule has 1 saturated heterocycles. The first-order valence-corrected chi connectivity index (χ1v) is 8.69. The predicted molar refractivity (Wildman–Crippen MR) is 90.0 cm³/mol. The molecule has 116 valence electrons. The average molecular weight is 298 g/mol. The molecule has 0 bridgehead atoms. The largest absolute Gasteiger partial charge is 0.392 e. The van der Waals surface area contributed by atoms with Gasteiger partial charge in [0.25, 0.3) is 0 Å². The molecule has 0 radical (unpaired) electrons. The highest BCUT2D eigenvalue weighted by Gasteiger charge is 2.31. The van der Waals surface area contributed by atoms with E-state index in [9.17, 15) is 0 Å². The summed E-state index contributed by atoms with van der Waals surface area (Å²) >= 11 is 5.20. The van der Waals surface area contributed by atoms with Crippen LogP contribution in [0.25, 0.3) is 0 Å². The third-order valence-corrected chi connectivity index (χ3v) is 5.45. The minimum absolute atomic E-state index is 0.302. The van der Waals surface area contributed by atoms with E-state index in [1.807, 2.05) is 0 Å². The fourth-order valence-electron chi connectivity index (χ4n) is 4.26. The summed E-state index contributed by atoms with van der Waals surface area (Å²) in [4.78, 5) is 5.87. The summed E-state index contributed by atoms with van der Waals surface area (Å²) in [5.41, 5.74) is 5.87. The molecule has 2 N–H and O–H groups in total. The quantitative estimate of drug-likeness (QED) is 0.808. The van der Waals surface area contributed by atoms with Crippen LogP contribution in [-0.2, 0) is 0 Å². The Bertz CT molecular complexity index is 316. The lowest BCUT2D eigenvalue weighted by Gasteiger charge is -2.45. The van der Waals surface area contributed by atoms with Crippen molar-refractivity contribution in [1.82, 2.24) is 9.80 Å². The van der Waals surface area contributed by atoms with E-state index < -0.39 is 0 Å². The van der Waals surface area contributed by atoms with E-state index >= 15 is 0 Å². The van der Waals surface area contributed by atoms with E-state index in [-0.39, 0.29) is 0 Å². The number of nitrogens with zero attached hydrogens (tertiary/aromatic N) is 2. The van der Waals surface area contributed by atoms with Crippen LogP contribution in [-0.4, -0.2) is 53.1 Å². The van der Waals surface area contributed by atoms with Gasteiger partial charge >= 0.3 is 0 Å². The van der Waals surface area contributed by atoms with Gasteiger partial charge in [-0.1, -0.05) is 33.0 Å². The third-order valence-electron chi connectivity index (χ3n) is 5.17. The van der Waals surface area contributed by atoms with E-state index in [2.05, 4.69) is 30.6 Å². The van der Waals surface area contributed by atoms with Crippen LogP contribution in [0.15, 0.2) is 0 Å². The molecule has 1 saturated carbocycles. The molecule has 0 aromatic rings. The zero-order valence-corrected chi connectivity index (χ0v) is 14.2. The number of rotatable bonds is 4. The zero-order chi connectivity index (χ0) is 14.7. The molecule has 3 nitrogen and oxygen atoms in total. The summed E-state index contributed by atoms with van der Waals surface area (Å²) < 4.78 is 0. The maximum atomic E-state index is 5.87.